The number of anilines is 1. The van der Waals surface area contributed by atoms with Crippen LogP contribution in [0.4, 0.5) is 14.5 Å². The van der Waals surface area contributed by atoms with Crippen LogP contribution < -0.4 is 4.90 Å². The average Bonchev–Trinajstić information content (AvgIpc) is 3.68. The molecule has 43 heavy (non-hydrogen) atoms. The van der Waals surface area contributed by atoms with Gasteiger partial charge in [0.15, 0.2) is 12.1 Å². The van der Waals surface area contributed by atoms with Crippen molar-refractivity contribution in [2.24, 2.45) is 21.4 Å². The Morgan fingerprint density at radius 1 is 0.884 bits per heavy atom. The quantitative estimate of drug-likeness (QED) is 0.393. The van der Waals surface area contributed by atoms with Crippen LogP contribution in [0.5, 0.6) is 0 Å². The van der Waals surface area contributed by atoms with Crippen LogP contribution in [0.3, 0.4) is 0 Å². The van der Waals surface area contributed by atoms with Gasteiger partial charge in [-0.05, 0) is 78.4 Å². The number of nitrogens with zero attached hydrogens (tertiary/aromatic N) is 6. The highest BCUT2D eigenvalue weighted by Gasteiger charge is 2.55. The minimum absolute atomic E-state index is 0.147. The maximum Gasteiger partial charge on any atom is 0.264 e. The Morgan fingerprint density at radius 3 is 2.30 bits per heavy atom. The monoisotopic (exact) mass is 580 g/mol. The molecule has 9 nitrogen and oxygen atoms in total. The number of halogens is 2. The van der Waals surface area contributed by atoms with Crippen LogP contribution in [0.25, 0.3) is 6.08 Å². The van der Waals surface area contributed by atoms with Gasteiger partial charge in [-0.25, -0.2) is 18.7 Å². The predicted octanol–water partition coefficient (Wildman–Crippen LogP) is 5.08. The van der Waals surface area contributed by atoms with Gasteiger partial charge in [-0.2, -0.15) is 10.2 Å². The molecule has 2 fully saturated rings. The van der Waals surface area contributed by atoms with Crippen LogP contribution in [0.2, 0.25) is 0 Å². The van der Waals surface area contributed by atoms with Crippen molar-refractivity contribution in [3.05, 3.63) is 107 Å². The molecule has 216 valence electrons. The van der Waals surface area contributed by atoms with E-state index in [0.717, 1.165) is 46.6 Å². The van der Waals surface area contributed by atoms with Crippen molar-refractivity contribution in [3.63, 3.8) is 0 Å². The highest BCUT2D eigenvalue weighted by atomic mass is 19.1. The number of hydrogen-bond donors (Lipinski definition) is 0. The van der Waals surface area contributed by atoms with Gasteiger partial charge in [0.1, 0.15) is 18.2 Å². The Bertz CT molecular complexity index is 1690. The summed E-state index contributed by atoms with van der Waals surface area (Å²) < 4.78 is 27.4. The topological polar surface area (TPSA) is 98.0 Å². The van der Waals surface area contributed by atoms with Gasteiger partial charge in [0.05, 0.1) is 17.4 Å². The molecule has 0 bridgehead atoms. The molecule has 4 aliphatic rings. The number of benzene rings is 3. The summed E-state index contributed by atoms with van der Waals surface area (Å²) in [5.41, 5.74) is 3.67. The van der Waals surface area contributed by atoms with Crippen molar-refractivity contribution in [2.45, 2.75) is 37.4 Å². The van der Waals surface area contributed by atoms with Crippen molar-refractivity contribution in [3.8, 4) is 0 Å². The van der Waals surface area contributed by atoms with Crippen LogP contribution in [0.1, 0.15) is 36.4 Å². The molecular formula is C32H26F2N6O3. The zero-order chi connectivity index (χ0) is 29.7. The Balaban J connectivity index is 1.19. The largest absolute Gasteiger partial charge is 0.271 e. The number of amides is 3. The Labute approximate surface area is 245 Å². The van der Waals surface area contributed by atoms with E-state index in [1.165, 1.54) is 34.3 Å². The third kappa shape index (κ3) is 4.70. The Kier molecular flexibility index (Phi) is 6.64. The van der Waals surface area contributed by atoms with Gasteiger partial charge in [-0.1, -0.05) is 47.7 Å². The highest BCUT2D eigenvalue weighted by molar-refractivity contribution is 6.25. The van der Waals surface area contributed by atoms with Crippen LogP contribution in [0.15, 0.2) is 99.9 Å². The third-order valence-corrected chi connectivity index (χ3v) is 8.35. The van der Waals surface area contributed by atoms with Crippen LogP contribution >= 0.6 is 0 Å². The zero-order valence-electron chi connectivity index (χ0n) is 22.9. The molecule has 1 saturated carbocycles. The number of carbonyl (C=O) groups excluding carboxylic acids is 3. The highest BCUT2D eigenvalue weighted by Crippen LogP contribution is 2.45. The molecule has 3 aliphatic heterocycles. The van der Waals surface area contributed by atoms with E-state index in [2.05, 4.69) is 10.3 Å². The van der Waals surface area contributed by atoms with Gasteiger partial charge in [0.25, 0.3) is 17.7 Å². The fourth-order valence-corrected chi connectivity index (χ4v) is 6.36. The number of hydrazone groups is 1. The Morgan fingerprint density at radius 2 is 1.58 bits per heavy atom. The molecule has 3 amide bonds. The number of carbonyl (C=O) groups is 3. The van der Waals surface area contributed by atoms with E-state index in [-0.39, 0.29) is 18.3 Å². The number of hydrogen-bond acceptors (Lipinski definition) is 7. The molecule has 0 radical (unpaired) electrons. The van der Waals surface area contributed by atoms with E-state index in [0.29, 0.717) is 5.69 Å². The first kappa shape index (κ1) is 26.8. The molecule has 1 saturated heterocycles. The number of rotatable bonds is 5. The van der Waals surface area contributed by atoms with Crippen LogP contribution in [-0.2, 0) is 14.4 Å². The number of imide groups is 1. The van der Waals surface area contributed by atoms with Crippen LogP contribution in [0, 0.1) is 17.6 Å². The standard InChI is InChI=1S/C32H26F2N6O3/c33-22-13-9-19(10-14-22)17-21-5-4-8-25-27(21)36-40(29(25)20-11-15-23(34)16-12-20)26(41)18-38-30-28(35-37-38)31(42)39(32(30)43)24-6-2-1-3-7-24/h1-3,6-7,9-17,25,28-30H,4-5,8,18H2. The molecule has 3 aromatic rings. The second-order valence-corrected chi connectivity index (χ2v) is 11.0. The van der Waals surface area contributed by atoms with Crippen molar-refractivity contribution >= 4 is 35.2 Å². The molecule has 4 atom stereocenters. The van der Waals surface area contributed by atoms with Crippen molar-refractivity contribution < 1.29 is 23.2 Å². The summed E-state index contributed by atoms with van der Waals surface area (Å²) in [4.78, 5) is 41.5. The predicted molar refractivity (Wildman–Crippen MR) is 153 cm³/mol. The minimum atomic E-state index is -1.04. The van der Waals surface area contributed by atoms with Gasteiger partial charge in [0, 0.05) is 5.92 Å². The van der Waals surface area contributed by atoms with E-state index in [9.17, 15) is 23.2 Å². The SMILES string of the molecule is O=C1C2N=NN(CC(=O)N3N=C4C(=Cc5ccc(F)cc5)CCCC4C3c3ccc(F)cc3)C2C(=O)N1c1ccccc1. The molecule has 0 aromatic heterocycles. The fraction of sp³-hybridized carbons (Fsp3) is 0.250. The first-order chi connectivity index (χ1) is 20.9. The maximum absolute atomic E-state index is 14.0. The fourth-order valence-electron chi connectivity index (χ4n) is 6.36. The molecule has 3 heterocycles. The Hall–Kier alpha value is -5.06. The first-order valence-electron chi connectivity index (χ1n) is 14.1. The van der Waals surface area contributed by atoms with E-state index >= 15 is 0 Å². The first-order valence-corrected chi connectivity index (χ1v) is 14.1. The molecule has 0 N–H and O–H groups in total. The minimum Gasteiger partial charge on any atom is -0.271 e. The van der Waals surface area contributed by atoms with E-state index in [4.69, 9.17) is 5.10 Å². The second kappa shape index (κ2) is 10.6. The lowest BCUT2D eigenvalue weighted by molar-refractivity contribution is -0.136. The van der Waals surface area contributed by atoms with Gasteiger partial charge in [-0.15, -0.1) is 0 Å². The smallest absolute Gasteiger partial charge is 0.264 e. The van der Waals surface area contributed by atoms with Gasteiger partial charge < -0.3 is 0 Å². The summed E-state index contributed by atoms with van der Waals surface area (Å²) in [5.74, 6) is -2.29. The molecule has 3 aromatic carbocycles. The number of fused-ring (bicyclic) bond motifs is 2. The number of allylic oxidation sites excluding steroid dienone is 1. The molecule has 7 rings (SSSR count). The van der Waals surface area contributed by atoms with Gasteiger partial charge >= 0.3 is 0 Å². The second-order valence-electron chi connectivity index (χ2n) is 11.0. The summed E-state index contributed by atoms with van der Waals surface area (Å²) in [6.07, 6.45) is 4.31. The summed E-state index contributed by atoms with van der Waals surface area (Å²) >= 11 is 0. The van der Waals surface area contributed by atoms with E-state index in [1.54, 1.807) is 54.6 Å². The number of para-hydroxylation sites is 1. The van der Waals surface area contributed by atoms with Gasteiger partial charge in [0.2, 0.25) is 0 Å². The molecule has 0 spiro atoms. The summed E-state index contributed by atoms with van der Waals surface area (Å²) in [5, 5.41) is 15.6. The molecule has 1 aliphatic carbocycles. The van der Waals surface area contributed by atoms with Crippen molar-refractivity contribution in [1.29, 1.82) is 0 Å². The normalized spacial score (nSPS) is 25.4. The molecular weight excluding hydrogens is 554 g/mol. The summed E-state index contributed by atoms with van der Waals surface area (Å²) in [7, 11) is 0. The lowest BCUT2D eigenvalue weighted by atomic mass is 9.77. The van der Waals surface area contributed by atoms with E-state index < -0.39 is 41.7 Å². The van der Waals surface area contributed by atoms with E-state index in [1.807, 2.05) is 6.08 Å². The van der Waals surface area contributed by atoms with Crippen molar-refractivity contribution in [1.82, 2.24) is 10.0 Å². The summed E-state index contributed by atoms with van der Waals surface area (Å²) in [6, 6.07) is 18.2. The maximum atomic E-state index is 14.0. The third-order valence-electron chi connectivity index (χ3n) is 8.35. The zero-order valence-corrected chi connectivity index (χ0v) is 22.9. The average molecular weight is 581 g/mol. The lowest BCUT2D eigenvalue weighted by Crippen LogP contribution is -2.45. The van der Waals surface area contributed by atoms with Crippen LogP contribution in [-0.4, -0.2) is 52.1 Å². The lowest BCUT2D eigenvalue weighted by Gasteiger charge is -2.30. The molecule has 11 heteroatoms. The van der Waals surface area contributed by atoms with Crippen molar-refractivity contribution in [2.75, 3.05) is 11.4 Å². The summed E-state index contributed by atoms with van der Waals surface area (Å²) in [6.45, 7) is -0.329. The molecule has 4 unspecified atom stereocenters. The van der Waals surface area contributed by atoms with Gasteiger partial charge in [-0.3, -0.25) is 19.4 Å².